The molecule has 0 saturated heterocycles. The van der Waals surface area contributed by atoms with Gasteiger partial charge in [0.05, 0.1) is 23.8 Å². The molecule has 2 aromatic rings. The lowest BCUT2D eigenvalue weighted by atomic mass is 10.1. The molecule has 0 bridgehead atoms. The molecular formula is C23H23NO7. The number of methoxy groups -OCH3 is 2. The van der Waals surface area contributed by atoms with Crippen LogP contribution >= 0.6 is 0 Å². The topological polar surface area (TPSA) is 99.2 Å². The zero-order chi connectivity index (χ0) is 22.5. The van der Waals surface area contributed by atoms with Gasteiger partial charge in [-0.25, -0.2) is 4.79 Å². The molecular weight excluding hydrogens is 402 g/mol. The Morgan fingerprint density at radius 2 is 1.65 bits per heavy atom. The van der Waals surface area contributed by atoms with Gasteiger partial charge in [0.1, 0.15) is 12.4 Å². The summed E-state index contributed by atoms with van der Waals surface area (Å²) >= 11 is 0. The number of rotatable bonds is 9. The zero-order valence-corrected chi connectivity index (χ0v) is 17.6. The highest BCUT2D eigenvalue weighted by Gasteiger charge is 2.35. The lowest BCUT2D eigenvalue weighted by molar-refractivity contribution is 0.0469. The summed E-state index contributed by atoms with van der Waals surface area (Å²) in [7, 11) is 3.03. The number of hydrogen-bond donors (Lipinski definition) is 0. The Labute approximate surface area is 179 Å². The molecule has 8 heteroatoms. The molecule has 1 aliphatic heterocycles. The normalized spacial score (nSPS) is 12.7. The molecule has 2 amide bonds. The van der Waals surface area contributed by atoms with Gasteiger partial charge in [0.15, 0.2) is 5.78 Å². The third-order valence-corrected chi connectivity index (χ3v) is 4.98. The van der Waals surface area contributed by atoms with Crippen molar-refractivity contribution < 1.29 is 33.4 Å². The molecule has 2 aromatic carbocycles. The van der Waals surface area contributed by atoms with Gasteiger partial charge in [0.25, 0.3) is 11.8 Å². The molecule has 0 spiro atoms. The highest BCUT2D eigenvalue weighted by atomic mass is 16.5. The van der Waals surface area contributed by atoms with Crippen LogP contribution in [-0.2, 0) is 16.1 Å². The SMILES string of the molecule is COCCCN1C(=O)c2ccc(C(=O)OCc3cc(C(C)=O)ccc3OC)cc2C1=O. The summed E-state index contributed by atoms with van der Waals surface area (Å²) in [5.41, 5.74) is 1.60. The summed E-state index contributed by atoms with van der Waals surface area (Å²) in [6.07, 6.45) is 0.526. The van der Waals surface area contributed by atoms with E-state index in [4.69, 9.17) is 14.2 Å². The molecule has 0 atom stereocenters. The van der Waals surface area contributed by atoms with Crippen LogP contribution in [0.4, 0.5) is 0 Å². The molecule has 3 rings (SSSR count). The van der Waals surface area contributed by atoms with Gasteiger partial charge < -0.3 is 14.2 Å². The van der Waals surface area contributed by atoms with Gasteiger partial charge in [-0.15, -0.1) is 0 Å². The van der Waals surface area contributed by atoms with Crippen molar-refractivity contribution in [2.45, 2.75) is 20.0 Å². The second-order valence-corrected chi connectivity index (χ2v) is 7.03. The number of nitrogens with zero attached hydrogens (tertiary/aromatic N) is 1. The van der Waals surface area contributed by atoms with Crippen LogP contribution in [0.3, 0.4) is 0 Å². The number of esters is 1. The molecule has 1 aliphatic rings. The van der Waals surface area contributed by atoms with E-state index in [9.17, 15) is 19.2 Å². The maximum absolute atomic E-state index is 12.6. The van der Waals surface area contributed by atoms with Gasteiger partial charge in [-0.05, 0) is 49.7 Å². The molecule has 31 heavy (non-hydrogen) atoms. The minimum Gasteiger partial charge on any atom is -0.496 e. The fraction of sp³-hybridized carbons (Fsp3) is 0.304. The van der Waals surface area contributed by atoms with E-state index in [1.165, 1.54) is 32.2 Å². The predicted octanol–water partition coefficient (Wildman–Crippen LogP) is 2.89. The monoisotopic (exact) mass is 425 g/mol. The number of hydrogen-bond acceptors (Lipinski definition) is 7. The average Bonchev–Trinajstić information content (AvgIpc) is 3.01. The maximum Gasteiger partial charge on any atom is 0.338 e. The third kappa shape index (κ3) is 4.64. The molecule has 0 aromatic heterocycles. The van der Waals surface area contributed by atoms with E-state index in [2.05, 4.69) is 0 Å². The summed E-state index contributed by atoms with van der Waals surface area (Å²) in [6.45, 7) is 2.00. The molecule has 0 saturated carbocycles. The van der Waals surface area contributed by atoms with E-state index < -0.39 is 11.9 Å². The minimum atomic E-state index is -0.656. The van der Waals surface area contributed by atoms with E-state index >= 15 is 0 Å². The summed E-state index contributed by atoms with van der Waals surface area (Å²) in [4.78, 5) is 50.4. The Morgan fingerprint density at radius 3 is 2.32 bits per heavy atom. The van der Waals surface area contributed by atoms with E-state index in [1.807, 2.05) is 0 Å². The average molecular weight is 425 g/mol. The number of ketones is 1. The Morgan fingerprint density at radius 1 is 0.935 bits per heavy atom. The van der Waals surface area contributed by atoms with Crippen molar-refractivity contribution >= 4 is 23.6 Å². The Bertz CT molecular complexity index is 1040. The van der Waals surface area contributed by atoms with Crippen molar-refractivity contribution in [3.63, 3.8) is 0 Å². The smallest absolute Gasteiger partial charge is 0.338 e. The van der Waals surface area contributed by atoms with Crippen LogP contribution in [0.1, 0.15) is 60.3 Å². The van der Waals surface area contributed by atoms with E-state index in [0.29, 0.717) is 29.9 Å². The van der Waals surface area contributed by atoms with Crippen LogP contribution in [0, 0.1) is 0 Å². The third-order valence-electron chi connectivity index (χ3n) is 4.98. The maximum atomic E-state index is 12.6. The van der Waals surface area contributed by atoms with Crippen LogP contribution in [0.25, 0.3) is 0 Å². The molecule has 0 N–H and O–H groups in total. The summed E-state index contributed by atoms with van der Waals surface area (Å²) in [6, 6.07) is 9.16. The number of ether oxygens (including phenoxy) is 3. The first kappa shape index (κ1) is 22.2. The molecule has 8 nitrogen and oxygen atoms in total. The quantitative estimate of drug-likeness (QED) is 0.264. The fourth-order valence-electron chi connectivity index (χ4n) is 3.32. The van der Waals surface area contributed by atoms with Crippen LogP contribution in [0.5, 0.6) is 5.75 Å². The van der Waals surface area contributed by atoms with Crippen molar-refractivity contribution in [2.24, 2.45) is 0 Å². The van der Waals surface area contributed by atoms with Gasteiger partial charge in [-0.1, -0.05) is 0 Å². The lowest BCUT2D eigenvalue weighted by Gasteiger charge is -2.12. The second kappa shape index (κ2) is 9.53. The zero-order valence-electron chi connectivity index (χ0n) is 17.6. The Balaban J connectivity index is 1.74. The summed E-state index contributed by atoms with van der Waals surface area (Å²) in [5, 5.41) is 0. The van der Waals surface area contributed by atoms with Gasteiger partial charge in [0, 0.05) is 31.4 Å². The van der Waals surface area contributed by atoms with Gasteiger partial charge in [0.2, 0.25) is 0 Å². The minimum absolute atomic E-state index is 0.115. The van der Waals surface area contributed by atoms with Crippen LogP contribution in [0.15, 0.2) is 36.4 Å². The number of carbonyl (C=O) groups excluding carboxylic acids is 4. The van der Waals surface area contributed by atoms with Crippen molar-refractivity contribution in [3.8, 4) is 5.75 Å². The predicted molar refractivity (Wildman–Crippen MR) is 110 cm³/mol. The van der Waals surface area contributed by atoms with Crippen molar-refractivity contribution in [3.05, 3.63) is 64.2 Å². The molecule has 0 aliphatic carbocycles. The second-order valence-electron chi connectivity index (χ2n) is 7.03. The van der Waals surface area contributed by atoms with Gasteiger partial charge in [-0.3, -0.25) is 19.3 Å². The highest BCUT2D eigenvalue weighted by Crippen LogP contribution is 2.25. The van der Waals surface area contributed by atoms with E-state index in [0.717, 1.165) is 4.90 Å². The van der Waals surface area contributed by atoms with Crippen molar-refractivity contribution in [1.82, 2.24) is 4.90 Å². The first-order valence-corrected chi connectivity index (χ1v) is 9.71. The standard InChI is InChI=1S/C23H23NO7/c1-14(25)15-6-8-20(30-3)17(11-15)13-31-23(28)16-5-7-18-19(12-16)22(27)24(21(18)26)9-4-10-29-2/h5-8,11-12H,4,9-10,13H2,1-3H3. The first-order valence-electron chi connectivity index (χ1n) is 9.71. The Kier molecular flexibility index (Phi) is 6.81. The van der Waals surface area contributed by atoms with E-state index in [1.54, 1.807) is 25.3 Å². The number of Topliss-reactive ketones (excluding diaryl/α,β-unsaturated/α-hetero) is 1. The highest BCUT2D eigenvalue weighted by molar-refractivity contribution is 6.21. The van der Waals surface area contributed by atoms with Crippen LogP contribution in [0.2, 0.25) is 0 Å². The van der Waals surface area contributed by atoms with Crippen LogP contribution in [-0.4, -0.2) is 55.8 Å². The number of benzene rings is 2. The Hall–Kier alpha value is -3.52. The number of fused-ring (bicyclic) bond motifs is 1. The number of carbonyl (C=O) groups is 4. The van der Waals surface area contributed by atoms with Gasteiger partial charge >= 0.3 is 5.97 Å². The van der Waals surface area contributed by atoms with Crippen molar-refractivity contribution in [2.75, 3.05) is 27.4 Å². The molecule has 0 unspecified atom stereocenters. The van der Waals surface area contributed by atoms with Crippen LogP contribution < -0.4 is 4.74 Å². The molecule has 0 radical (unpaired) electrons. The number of imide groups is 1. The summed E-state index contributed by atoms with van der Waals surface area (Å²) in [5.74, 6) is -1.12. The molecule has 1 heterocycles. The lowest BCUT2D eigenvalue weighted by Crippen LogP contribution is -2.31. The largest absolute Gasteiger partial charge is 0.496 e. The first-order chi connectivity index (χ1) is 14.9. The molecule has 0 fully saturated rings. The van der Waals surface area contributed by atoms with Crippen molar-refractivity contribution in [1.29, 1.82) is 0 Å². The summed E-state index contributed by atoms with van der Waals surface area (Å²) < 4.78 is 15.6. The fourth-order valence-corrected chi connectivity index (χ4v) is 3.32. The van der Waals surface area contributed by atoms with E-state index in [-0.39, 0.29) is 41.5 Å². The number of amides is 2. The molecule has 162 valence electrons. The van der Waals surface area contributed by atoms with Gasteiger partial charge in [-0.2, -0.15) is 0 Å².